The Morgan fingerprint density at radius 1 is 1.32 bits per heavy atom. The van der Waals surface area contributed by atoms with Gasteiger partial charge in [0.1, 0.15) is 11.4 Å². The van der Waals surface area contributed by atoms with Crippen molar-refractivity contribution in [3.8, 4) is 6.07 Å². The number of rotatable bonds is 4. The molecule has 0 saturated heterocycles. The normalized spacial score (nSPS) is 13.0. The minimum atomic E-state index is -1.11. The zero-order valence-corrected chi connectivity index (χ0v) is 12.1. The van der Waals surface area contributed by atoms with E-state index in [1.54, 1.807) is 37.3 Å². The molecule has 0 fully saturated rings. The van der Waals surface area contributed by atoms with E-state index >= 15 is 0 Å². The van der Waals surface area contributed by atoms with Crippen molar-refractivity contribution < 1.29 is 9.18 Å². The lowest BCUT2D eigenvalue weighted by Gasteiger charge is -2.23. The van der Waals surface area contributed by atoms with Crippen LogP contribution in [0, 0.1) is 17.1 Å². The summed E-state index contributed by atoms with van der Waals surface area (Å²) in [7, 11) is 0. The highest BCUT2D eigenvalue weighted by atomic mass is 19.1. The van der Waals surface area contributed by atoms with Crippen molar-refractivity contribution in [2.24, 2.45) is 0 Å². The maximum Gasteiger partial charge on any atom is 0.252 e. The quantitative estimate of drug-likeness (QED) is 0.851. The van der Waals surface area contributed by atoms with Crippen LogP contribution in [-0.4, -0.2) is 11.4 Å². The van der Waals surface area contributed by atoms with Gasteiger partial charge in [-0.25, -0.2) is 4.39 Å². The molecule has 1 atom stereocenters. The Balaban J connectivity index is 2.16. The lowest BCUT2D eigenvalue weighted by molar-refractivity contribution is 0.0924. The lowest BCUT2D eigenvalue weighted by Crippen LogP contribution is -2.46. The summed E-state index contributed by atoms with van der Waals surface area (Å²) in [6, 6.07) is 15.0. The summed E-state index contributed by atoms with van der Waals surface area (Å²) in [5, 5.41) is 12.1. The molecule has 0 radical (unpaired) electrons. The van der Waals surface area contributed by atoms with E-state index in [9.17, 15) is 14.4 Å². The lowest BCUT2D eigenvalue weighted by atomic mass is 9.93. The number of carbonyl (C=O) groups is 1. The molecular weight excluding hydrogens is 281 g/mol. The maximum atomic E-state index is 13.2. The molecule has 0 heterocycles. The Hall–Kier alpha value is -2.87. The Morgan fingerprint density at radius 3 is 2.59 bits per heavy atom. The zero-order valence-electron chi connectivity index (χ0n) is 12.1. The molecule has 5 heteroatoms. The van der Waals surface area contributed by atoms with Gasteiger partial charge in [-0.1, -0.05) is 24.3 Å². The molecule has 1 unspecified atom stereocenters. The van der Waals surface area contributed by atoms with Crippen LogP contribution < -0.4 is 11.1 Å². The smallest absolute Gasteiger partial charge is 0.252 e. The third-order valence-electron chi connectivity index (χ3n) is 3.29. The topological polar surface area (TPSA) is 78.9 Å². The number of benzene rings is 2. The maximum absolute atomic E-state index is 13.2. The molecule has 112 valence electrons. The average molecular weight is 297 g/mol. The van der Waals surface area contributed by atoms with Crippen LogP contribution in [0.2, 0.25) is 0 Å². The van der Waals surface area contributed by atoms with Gasteiger partial charge in [-0.05, 0) is 36.8 Å². The van der Waals surface area contributed by atoms with E-state index in [0.29, 0.717) is 11.1 Å². The van der Waals surface area contributed by atoms with Gasteiger partial charge in [0.15, 0.2) is 0 Å². The van der Waals surface area contributed by atoms with Crippen LogP contribution in [0.3, 0.4) is 0 Å². The number of anilines is 1. The predicted molar refractivity (Wildman–Crippen MR) is 82.4 cm³/mol. The molecule has 0 saturated carbocycles. The molecule has 2 aromatic carbocycles. The van der Waals surface area contributed by atoms with Crippen LogP contribution in [0.25, 0.3) is 0 Å². The van der Waals surface area contributed by atoms with E-state index in [1.165, 1.54) is 12.1 Å². The second-order valence-electron chi connectivity index (χ2n) is 5.30. The number of hydrogen-bond donors (Lipinski definition) is 2. The van der Waals surface area contributed by atoms with Crippen molar-refractivity contribution in [2.45, 2.75) is 18.9 Å². The number of hydrogen-bond acceptors (Lipinski definition) is 3. The first-order chi connectivity index (χ1) is 10.4. The summed E-state index contributed by atoms with van der Waals surface area (Å²) in [5.74, 6) is -0.838. The van der Waals surface area contributed by atoms with Crippen LogP contribution in [0.4, 0.5) is 10.1 Å². The van der Waals surface area contributed by atoms with Gasteiger partial charge in [0.05, 0.1) is 11.8 Å². The molecular formula is C17H16FN3O. The number of nitrogens with one attached hydrogen (secondary N) is 1. The fourth-order valence-corrected chi connectivity index (χ4v) is 2.14. The van der Waals surface area contributed by atoms with Crippen LogP contribution >= 0.6 is 0 Å². The monoisotopic (exact) mass is 297 g/mol. The highest BCUT2D eigenvalue weighted by molar-refractivity contribution is 5.94. The SMILES string of the molecule is CC(C#N)(Cc1ccc(F)c(N)c1)NC(=O)c1ccccc1. The highest BCUT2D eigenvalue weighted by Crippen LogP contribution is 2.18. The van der Waals surface area contributed by atoms with E-state index in [-0.39, 0.29) is 18.0 Å². The fraction of sp³-hybridized carbons (Fsp3) is 0.176. The summed E-state index contributed by atoms with van der Waals surface area (Å²) in [5.41, 5.74) is 5.59. The first kappa shape index (κ1) is 15.5. The second kappa shape index (κ2) is 6.27. The summed E-state index contributed by atoms with van der Waals surface area (Å²) in [4.78, 5) is 12.2. The van der Waals surface area contributed by atoms with Gasteiger partial charge in [-0.3, -0.25) is 4.79 Å². The molecule has 0 aliphatic rings. The van der Waals surface area contributed by atoms with E-state index in [0.717, 1.165) is 0 Å². The Bertz CT molecular complexity index is 724. The van der Waals surface area contributed by atoms with Gasteiger partial charge < -0.3 is 11.1 Å². The van der Waals surface area contributed by atoms with Gasteiger partial charge >= 0.3 is 0 Å². The number of nitrogen functional groups attached to an aromatic ring is 1. The summed E-state index contributed by atoms with van der Waals surface area (Å²) in [6.45, 7) is 1.62. The fourth-order valence-electron chi connectivity index (χ4n) is 2.14. The van der Waals surface area contributed by atoms with Crippen LogP contribution in [-0.2, 0) is 6.42 Å². The molecule has 0 spiro atoms. The van der Waals surface area contributed by atoms with E-state index < -0.39 is 11.4 Å². The predicted octanol–water partition coefficient (Wildman–Crippen LogP) is 2.66. The molecule has 2 aromatic rings. The summed E-state index contributed by atoms with van der Waals surface area (Å²) < 4.78 is 13.2. The van der Waals surface area contributed by atoms with E-state index in [2.05, 4.69) is 11.4 Å². The van der Waals surface area contributed by atoms with Gasteiger partial charge in [-0.2, -0.15) is 5.26 Å². The number of nitrogens with two attached hydrogens (primary N) is 1. The third kappa shape index (κ3) is 3.61. The van der Waals surface area contributed by atoms with Crippen molar-refractivity contribution in [1.82, 2.24) is 5.32 Å². The number of nitriles is 1. The van der Waals surface area contributed by atoms with E-state index in [1.807, 2.05) is 6.07 Å². The Labute approximate surface area is 128 Å². The van der Waals surface area contributed by atoms with Crippen molar-refractivity contribution >= 4 is 11.6 Å². The van der Waals surface area contributed by atoms with Crippen molar-refractivity contribution in [1.29, 1.82) is 5.26 Å². The number of carbonyl (C=O) groups excluding carboxylic acids is 1. The first-order valence-electron chi connectivity index (χ1n) is 6.76. The van der Waals surface area contributed by atoms with Gasteiger partial charge in [0, 0.05) is 12.0 Å². The van der Waals surface area contributed by atoms with Crippen molar-refractivity contribution in [3.63, 3.8) is 0 Å². The Kier molecular flexibility index (Phi) is 4.42. The standard InChI is InChI=1S/C17H16FN3O/c1-17(11-19,10-12-7-8-14(18)15(20)9-12)21-16(22)13-5-3-2-4-6-13/h2-9H,10,20H2,1H3,(H,21,22). The molecule has 0 aliphatic carbocycles. The average Bonchev–Trinajstić information content (AvgIpc) is 2.52. The zero-order chi connectivity index (χ0) is 16.2. The minimum Gasteiger partial charge on any atom is -0.396 e. The second-order valence-corrected chi connectivity index (χ2v) is 5.30. The van der Waals surface area contributed by atoms with Crippen molar-refractivity contribution in [2.75, 3.05) is 5.73 Å². The molecule has 0 bridgehead atoms. The molecule has 4 nitrogen and oxygen atoms in total. The first-order valence-corrected chi connectivity index (χ1v) is 6.76. The Morgan fingerprint density at radius 2 is 2.00 bits per heavy atom. The van der Waals surface area contributed by atoms with Crippen LogP contribution in [0.1, 0.15) is 22.8 Å². The molecule has 22 heavy (non-hydrogen) atoms. The number of nitrogens with zero attached hydrogens (tertiary/aromatic N) is 1. The molecule has 1 amide bonds. The van der Waals surface area contributed by atoms with Gasteiger partial charge in [0.25, 0.3) is 5.91 Å². The molecule has 0 aliphatic heterocycles. The largest absolute Gasteiger partial charge is 0.396 e. The number of halogens is 1. The van der Waals surface area contributed by atoms with Crippen LogP contribution in [0.5, 0.6) is 0 Å². The minimum absolute atomic E-state index is 0.0205. The van der Waals surface area contributed by atoms with Gasteiger partial charge in [0.2, 0.25) is 0 Å². The number of amides is 1. The molecule has 2 rings (SSSR count). The molecule has 0 aromatic heterocycles. The third-order valence-corrected chi connectivity index (χ3v) is 3.29. The summed E-state index contributed by atoms with van der Waals surface area (Å²) >= 11 is 0. The van der Waals surface area contributed by atoms with Gasteiger partial charge in [-0.15, -0.1) is 0 Å². The van der Waals surface area contributed by atoms with E-state index in [4.69, 9.17) is 5.73 Å². The summed E-state index contributed by atoms with van der Waals surface area (Å²) in [6.07, 6.45) is 0.229. The van der Waals surface area contributed by atoms with Crippen LogP contribution in [0.15, 0.2) is 48.5 Å². The highest BCUT2D eigenvalue weighted by Gasteiger charge is 2.27. The molecule has 3 N–H and O–H groups in total. The van der Waals surface area contributed by atoms with Crippen molar-refractivity contribution in [3.05, 3.63) is 65.5 Å².